The summed E-state index contributed by atoms with van der Waals surface area (Å²) in [5.41, 5.74) is -0.583. The zero-order chi connectivity index (χ0) is 19.4. The highest BCUT2D eigenvalue weighted by molar-refractivity contribution is 5.94. The number of hydrogen-bond acceptors (Lipinski definition) is 4. The molecule has 27 heavy (non-hydrogen) atoms. The maximum Gasteiger partial charge on any atom is 0.329 e. The summed E-state index contributed by atoms with van der Waals surface area (Å²) in [4.78, 5) is 35.8. The number of aliphatic carboxylic acids is 1. The molecule has 3 rings (SSSR count). The van der Waals surface area contributed by atoms with Crippen LogP contribution in [0.4, 0.5) is 5.69 Å². The SMILES string of the molecule is CC1CCC(NC(=O)COc2cccc(NC(=O)C3CC3)c2)(C(=O)O)CC1. The third-order valence-corrected chi connectivity index (χ3v) is 5.34. The summed E-state index contributed by atoms with van der Waals surface area (Å²) < 4.78 is 5.50. The second-order valence-electron chi connectivity index (χ2n) is 7.70. The lowest BCUT2D eigenvalue weighted by Crippen LogP contribution is -2.57. The highest BCUT2D eigenvalue weighted by Crippen LogP contribution is 2.32. The van der Waals surface area contributed by atoms with Gasteiger partial charge >= 0.3 is 5.97 Å². The maximum absolute atomic E-state index is 12.3. The molecular weight excluding hydrogens is 348 g/mol. The molecule has 1 aromatic rings. The van der Waals surface area contributed by atoms with Gasteiger partial charge in [0.15, 0.2) is 6.61 Å². The lowest BCUT2D eigenvalue weighted by atomic mass is 9.77. The molecule has 1 aromatic carbocycles. The van der Waals surface area contributed by atoms with Gasteiger partial charge in [-0.3, -0.25) is 9.59 Å². The van der Waals surface area contributed by atoms with Gasteiger partial charge in [-0.1, -0.05) is 13.0 Å². The first-order valence-electron chi connectivity index (χ1n) is 9.46. The quantitative estimate of drug-likeness (QED) is 0.680. The summed E-state index contributed by atoms with van der Waals surface area (Å²) in [6.45, 7) is 1.82. The van der Waals surface area contributed by atoms with E-state index < -0.39 is 17.4 Å². The summed E-state index contributed by atoms with van der Waals surface area (Å²) >= 11 is 0. The predicted octanol–water partition coefficient (Wildman–Crippen LogP) is 2.56. The van der Waals surface area contributed by atoms with Gasteiger partial charge in [0.2, 0.25) is 5.91 Å². The van der Waals surface area contributed by atoms with Crippen LogP contribution in [0, 0.1) is 11.8 Å². The van der Waals surface area contributed by atoms with Crippen molar-refractivity contribution in [2.45, 2.75) is 51.0 Å². The number of carboxylic acid groups (broad SMARTS) is 1. The Balaban J connectivity index is 1.53. The molecule has 2 amide bonds. The Bertz CT molecular complexity index is 721. The van der Waals surface area contributed by atoms with Crippen LogP contribution in [0.25, 0.3) is 0 Å². The first-order valence-corrected chi connectivity index (χ1v) is 9.46. The maximum atomic E-state index is 12.3. The number of nitrogens with one attached hydrogen (secondary N) is 2. The molecule has 0 saturated heterocycles. The smallest absolute Gasteiger partial charge is 0.329 e. The molecule has 2 aliphatic carbocycles. The Labute approximate surface area is 158 Å². The van der Waals surface area contributed by atoms with Crippen molar-refractivity contribution < 1.29 is 24.2 Å². The fourth-order valence-corrected chi connectivity index (χ4v) is 3.35. The van der Waals surface area contributed by atoms with Gasteiger partial charge in [-0.15, -0.1) is 0 Å². The molecule has 2 aliphatic rings. The van der Waals surface area contributed by atoms with Crippen molar-refractivity contribution in [1.82, 2.24) is 5.32 Å². The van der Waals surface area contributed by atoms with Gasteiger partial charge in [-0.2, -0.15) is 0 Å². The third kappa shape index (κ3) is 4.99. The lowest BCUT2D eigenvalue weighted by molar-refractivity contribution is -0.150. The number of amides is 2. The molecule has 0 heterocycles. The van der Waals surface area contributed by atoms with Crippen molar-refractivity contribution in [1.29, 1.82) is 0 Å². The van der Waals surface area contributed by atoms with Gasteiger partial charge in [0.1, 0.15) is 11.3 Å². The van der Waals surface area contributed by atoms with Gasteiger partial charge in [0.05, 0.1) is 0 Å². The van der Waals surface area contributed by atoms with Gasteiger partial charge in [0.25, 0.3) is 5.91 Å². The van der Waals surface area contributed by atoms with Crippen LogP contribution in [0.5, 0.6) is 5.75 Å². The Kier molecular flexibility index (Phi) is 5.68. The Morgan fingerprint density at radius 3 is 2.52 bits per heavy atom. The number of carboxylic acids is 1. The van der Waals surface area contributed by atoms with Crippen LogP contribution in [-0.4, -0.2) is 35.0 Å². The van der Waals surface area contributed by atoms with Gasteiger partial charge in [-0.25, -0.2) is 4.79 Å². The van der Waals surface area contributed by atoms with E-state index in [2.05, 4.69) is 17.6 Å². The fourth-order valence-electron chi connectivity index (χ4n) is 3.35. The fraction of sp³-hybridized carbons (Fsp3) is 0.550. The van der Waals surface area contributed by atoms with Gasteiger partial charge < -0.3 is 20.5 Å². The molecule has 0 radical (unpaired) electrons. The van der Waals surface area contributed by atoms with Crippen molar-refractivity contribution in [3.05, 3.63) is 24.3 Å². The number of rotatable bonds is 7. The van der Waals surface area contributed by atoms with E-state index in [9.17, 15) is 19.5 Å². The molecule has 0 spiro atoms. The summed E-state index contributed by atoms with van der Waals surface area (Å²) in [6.07, 6.45) is 4.25. The molecule has 3 N–H and O–H groups in total. The number of carbonyl (C=O) groups excluding carboxylic acids is 2. The van der Waals surface area contributed by atoms with Crippen LogP contribution in [-0.2, 0) is 14.4 Å². The van der Waals surface area contributed by atoms with Gasteiger partial charge in [-0.05, 0) is 56.6 Å². The Hall–Kier alpha value is -2.57. The topological polar surface area (TPSA) is 105 Å². The number of carbonyl (C=O) groups is 3. The van der Waals surface area contributed by atoms with Crippen LogP contribution >= 0.6 is 0 Å². The minimum Gasteiger partial charge on any atom is -0.484 e. The van der Waals surface area contributed by atoms with E-state index in [4.69, 9.17) is 4.74 Å². The van der Waals surface area contributed by atoms with Crippen molar-refractivity contribution in [2.75, 3.05) is 11.9 Å². The van der Waals surface area contributed by atoms with E-state index in [0.29, 0.717) is 30.2 Å². The van der Waals surface area contributed by atoms with Crippen LogP contribution in [0.15, 0.2) is 24.3 Å². The molecule has 0 unspecified atom stereocenters. The normalized spacial score (nSPS) is 24.7. The van der Waals surface area contributed by atoms with Gasteiger partial charge in [0, 0.05) is 17.7 Å². The molecule has 0 aromatic heterocycles. The zero-order valence-electron chi connectivity index (χ0n) is 15.5. The summed E-state index contributed by atoms with van der Waals surface area (Å²) in [7, 11) is 0. The molecule has 0 atom stereocenters. The van der Waals surface area contributed by atoms with E-state index in [1.54, 1.807) is 24.3 Å². The molecule has 146 valence electrons. The summed E-state index contributed by atoms with van der Waals surface area (Å²) in [5.74, 6) is -0.433. The first kappa shape index (κ1) is 19.2. The highest BCUT2D eigenvalue weighted by atomic mass is 16.5. The standard InChI is InChI=1S/C20H26N2O5/c1-13-7-9-20(10-8-13,19(25)26)22-17(23)12-27-16-4-2-3-15(11-16)21-18(24)14-5-6-14/h2-4,11,13-14H,5-10,12H2,1H3,(H,21,24)(H,22,23)(H,25,26). The zero-order valence-corrected chi connectivity index (χ0v) is 15.5. The average molecular weight is 374 g/mol. The van der Waals surface area contributed by atoms with Crippen LogP contribution in [0.3, 0.4) is 0 Å². The Morgan fingerprint density at radius 1 is 1.19 bits per heavy atom. The second-order valence-corrected chi connectivity index (χ2v) is 7.70. The Morgan fingerprint density at radius 2 is 1.89 bits per heavy atom. The lowest BCUT2D eigenvalue weighted by Gasteiger charge is -2.36. The van der Waals surface area contributed by atoms with E-state index in [0.717, 1.165) is 25.7 Å². The molecule has 7 heteroatoms. The van der Waals surface area contributed by atoms with E-state index in [-0.39, 0.29) is 18.4 Å². The van der Waals surface area contributed by atoms with Crippen LogP contribution < -0.4 is 15.4 Å². The third-order valence-electron chi connectivity index (χ3n) is 5.34. The van der Waals surface area contributed by atoms with E-state index in [1.165, 1.54) is 0 Å². The number of anilines is 1. The monoisotopic (exact) mass is 374 g/mol. The van der Waals surface area contributed by atoms with E-state index >= 15 is 0 Å². The molecule has 2 saturated carbocycles. The van der Waals surface area contributed by atoms with Crippen molar-refractivity contribution in [3.8, 4) is 5.75 Å². The van der Waals surface area contributed by atoms with Crippen molar-refractivity contribution in [3.63, 3.8) is 0 Å². The van der Waals surface area contributed by atoms with Crippen LogP contribution in [0.1, 0.15) is 45.4 Å². The molecule has 2 fully saturated rings. The molecule has 0 aliphatic heterocycles. The molecular formula is C20H26N2O5. The largest absolute Gasteiger partial charge is 0.484 e. The summed E-state index contributed by atoms with van der Waals surface area (Å²) in [5, 5.41) is 15.1. The van der Waals surface area contributed by atoms with Crippen LogP contribution in [0.2, 0.25) is 0 Å². The highest BCUT2D eigenvalue weighted by Gasteiger charge is 2.42. The molecule has 0 bridgehead atoms. The minimum absolute atomic E-state index is 0.000167. The van der Waals surface area contributed by atoms with E-state index in [1.807, 2.05) is 0 Å². The number of ether oxygens (including phenoxy) is 1. The minimum atomic E-state index is -1.20. The first-order chi connectivity index (χ1) is 12.9. The number of benzene rings is 1. The second kappa shape index (κ2) is 7.98. The molecule has 7 nitrogen and oxygen atoms in total. The number of hydrogen-bond donors (Lipinski definition) is 3. The van der Waals surface area contributed by atoms with Crippen molar-refractivity contribution in [2.24, 2.45) is 11.8 Å². The summed E-state index contributed by atoms with van der Waals surface area (Å²) in [6, 6.07) is 6.84. The average Bonchev–Trinajstić information content (AvgIpc) is 3.47. The predicted molar refractivity (Wildman–Crippen MR) is 99.4 cm³/mol. The van der Waals surface area contributed by atoms with Crippen molar-refractivity contribution >= 4 is 23.5 Å².